The van der Waals surface area contributed by atoms with E-state index in [1.54, 1.807) is 6.07 Å². The smallest absolute Gasteiger partial charge is 0.258 e. The summed E-state index contributed by atoms with van der Waals surface area (Å²) in [4.78, 5) is 11.1. The molecule has 7 nitrogen and oxygen atoms in total. The molecule has 2 aromatic carbocycles. The molecule has 152 valence electrons. The van der Waals surface area contributed by atoms with Crippen LogP contribution in [0.4, 0.5) is 35.9 Å². The molecule has 0 N–H and O–H groups in total. The first-order valence-electron chi connectivity index (χ1n) is 7.90. The molecule has 0 atom stereocenters. The number of non-ortho nitro benzene ring substituents is 1. The van der Waals surface area contributed by atoms with Gasteiger partial charge in [0.25, 0.3) is 5.69 Å². The van der Waals surface area contributed by atoms with Crippen LogP contribution in [0.3, 0.4) is 0 Å². The van der Waals surface area contributed by atoms with Gasteiger partial charge in [-0.1, -0.05) is 6.42 Å². The third-order valence-electron chi connectivity index (χ3n) is 3.42. The van der Waals surface area contributed by atoms with E-state index in [0.29, 0.717) is 11.8 Å². The highest BCUT2D eigenvalue weighted by molar-refractivity contribution is 9.10. The summed E-state index contributed by atoms with van der Waals surface area (Å²) in [5.41, 5.74) is -2.01. The molecule has 0 saturated carbocycles. The first kappa shape index (κ1) is 23.0. The molecule has 0 fully saturated rings. The van der Waals surface area contributed by atoms with Crippen molar-refractivity contribution in [2.24, 2.45) is 10.2 Å². The van der Waals surface area contributed by atoms with Crippen molar-refractivity contribution in [3.8, 4) is 42.3 Å². The minimum atomic E-state index is -4.88. The molecule has 0 aliphatic carbocycles. The molecule has 0 amide bonds. The van der Waals surface area contributed by atoms with Crippen LogP contribution in [-0.2, 0) is 6.18 Å². The van der Waals surface area contributed by atoms with Gasteiger partial charge in [-0.05, 0) is 40.2 Å². The summed E-state index contributed by atoms with van der Waals surface area (Å²) in [5, 5.41) is 26.5. The van der Waals surface area contributed by atoms with Crippen molar-refractivity contribution in [1.82, 2.24) is 0 Å². The Morgan fingerprint density at radius 2 is 1.81 bits per heavy atom. The maximum absolute atomic E-state index is 13.3. The predicted molar refractivity (Wildman–Crippen MR) is 109 cm³/mol. The molecule has 31 heavy (non-hydrogen) atoms. The number of hydrogen-bond donors (Lipinski definition) is 0. The van der Waals surface area contributed by atoms with Crippen LogP contribution in [-0.4, -0.2) is 4.92 Å². The number of halogens is 4. The van der Waals surface area contributed by atoms with Crippen LogP contribution in [0, 0.1) is 57.7 Å². The lowest BCUT2D eigenvalue weighted by Gasteiger charge is -2.11. The van der Waals surface area contributed by atoms with E-state index in [9.17, 15) is 23.3 Å². The van der Waals surface area contributed by atoms with Gasteiger partial charge in [-0.3, -0.25) is 10.1 Å². The number of nitriles is 1. The van der Waals surface area contributed by atoms with Crippen LogP contribution in [0.25, 0.3) is 0 Å². The highest BCUT2D eigenvalue weighted by atomic mass is 79.9. The summed E-state index contributed by atoms with van der Waals surface area (Å²) in [7, 11) is 0. The van der Waals surface area contributed by atoms with Crippen molar-refractivity contribution in [2.75, 3.05) is 4.90 Å². The van der Waals surface area contributed by atoms with Gasteiger partial charge in [0.15, 0.2) is 6.07 Å². The molecule has 0 aromatic heterocycles. The van der Waals surface area contributed by atoms with Gasteiger partial charge in [-0.15, -0.1) is 5.11 Å². The van der Waals surface area contributed by atoms with Gasteiger partial charge in [0.05, 0.1) is 26.3 Å². The summed E-state index contributed by atoms with van der Waals surface area (Å²) < 4.78 is 39.7. The molecule has 0 saturated heterocycles. The van der Waals surface area contributed by atoms with E-state index in [4.69, 9.17) is 11.7 Å². The van der Waals surface area contributed by atoms with E-state index in [-0.39, 0.29) is 10.2 Å². The van der Waals surface area contributed by atoms with Crippen molar-refractivity contribution in [1.29, 1.82) is 5.26 Å². The largest absolute Gasteiger partial charge is 0.418 e. The minimum absolute atomic E-state index is 0.191. The Kier molecular flexibility index (Phi) is 7.36. The lowest BCUT2D eigenvalue weighted by atomic mass is 10.1. The van der Waals surface area contributed by atoms with Gasteiger partial charge in [-0.25, -0.2) is 4.90 Å². The number of hydrogen-bond acceptors (Lipinski definition) is 6. The number of azo groups is 1. The standard InChI is InChI=1S/C20H7BrF3N5O2/c1-2-28(11-5-3-4-10-25)15-8-6-14(7-9-15)26-27-19-17(20(22,23)24)12-16(29(30)31)13-18(19)21/h1,6-9,12-13H. The molecule has 0 spiro atoms. The Balaban J connectivity index is 2.36. The van der Waals surface area contributed by atoms with Gasteiger partial charge in [0, 0.05) is 42.0 Å². The van der Waals surface area contributed by atoms with Crippen molar-refractivity contribution >= 4 is 38.7 Å². The van der Waals surface area contributed by atoms with E-state index < -0.39 is 28.0 Å². The molecule has 0 bridgehead atoms. The third kappa shape index (κ3) is 6.08. The molecule has 0 heterocycles. The summed E-state index contributed by atoms with van der Waals surface area (Å²) in [5.74, 6) is 6.74. The van der Waals surface area contributed by atoms with Crippen LogP contribution in [0.15, 0.2) is 51.1 Å². The first-order chi connectivity index (χ1) is 14.7. The van der Waals surface area contributed by atoms with Crippen LogP contribution in [0.5, 0.6) is 0 Å². The Labute approximate surface area is 182 Å². The summed E-state index contributed by atoms with van der Waals surface area (Å²) in [6.07, 6.45) is 0.477. The summed E-state index contributed by atoms with van der Waals surface area (Å²) >= 11 is 2.87. The highest BCUT2D eigenvalue weighted by Crippen LogP contribution is 2.43. The van der Waals surface area contributed by atoms with Gasteiger partial charge < -0.3 is 0 Å². The summed E-state index contributed by atoms with van der Waals surface area (Å²) in [6, 6.07) is 13.6. The van der Waals surface area contributed by atoms with Gasteiger partial charge in [0.2, 0.25) is 0 Å². The number of nitro groups is 1. The van der Waals surface area contributed by atoms with Crippen molar-refractivity contribution in [3.05, 3.63) is 56.5 Å². The summed E-state index contributed by atoms with van der Waals surface area (Å²) in [6.45, 7) is 0. The second kappa shape index (κ2) is 9.93. The average molecular weight is 486 g/mol. The highest BCUT2D eigenvalue weighted by Gasteiger charge is 2.36. The number of nitrogens with zero attached hydrogens (tertiary/aromatic N) is 5. The molecule has 0 aliphatic heterocycles. The Morgan fingerprint density at radius 1 is 1.13 bits per heavy atom. The molecule has 2 rings (SSSR count). The minimum Gasteiger partial charge on any atom is -0.258 e. The molecular weight excluding hydrogens is 479 g/mol. The fourth-order valence-corrected chi connectivity index (χ4v) is 2.63. The zero-order chi connectivity index (χ0) is 23.0. The van der Waals surface area contributed by atoms with Crippen LogP contribution in [0.1, 0.15) is 5.56 Å². The molecule has 11 heteroatoms. The second-order valence-electron chi connectivity index (χ2n) is 5.36. The van der Waals surface area contributed by atoms with Crippen molar-refractivity contribution in [3.63, 3.8) is 0 Å². The number of anilines is 1. The van der Waals surface area contributed by atoms with Crippen LogP contribution in [0.2, 0.25) is 0 Å². The normalized spacial score (nSPS) is 10.1. The SMILES string of the molecule is C#CN(C#CC#CC#N)c1ccc(N=Nc2c(Br)cc([N+](=O)[O-])cc2C(F)(F)F)cc1. The first-order valence-corrected chi connectivity index (χ1v) is 8.69. The number of alkyl halides is 3. The van der Waals surface area contributed by atoms with E-state index in [2.05, 4.69) is 56.0 Å². The maximum atomic E-state index is 13.3. The van der Waals surface area contributed by atoms with Crippen molar-refractivity contribution < 1.29 is 18.1 Å². The predicted octanol–water partition coefficient (Wildman–Crippen LogP) is 5.68. The van der Waals surface area contributed by atoms with Gasteiger partial charge in [-0.2, -0.15) is 23.5 Å². The quantitative estimate of drug-likeness (QED) is 0.183. The van der Waals surface area contributed by atoms with Crippen LogP contribution < -0.4 is 4.90 Å². The van der Waals surface area contributed by atoms with Crippen LogP contribution >= 0.6 is 15.9 Å². The van der Waals surface area contributed by atoms with Crippen molar-refractivity contribution in [2.45, 2.75) is 6.18 Å². The van der Waals surface area contributed by atoms with E-state index in [1.165, 1.54) is 29.2 Å². The Morgan fingerprint density at radius 3 is 2.35 bits per heavy atom. The topological polar surface area (TPSA) is 94.9 Å². The molecule has 0 radical (unpaired) electrons. The number of benzene rings is 2. The van der Waals surface area contributed by atoms with Gasteiger partial charge >= 0.3 is 6.18 Å². The lowest BCUT2D eigenvalue weighted by molar-refractivity contribution is -0.385. The zero-order valence-electron chi connectivity index (χ0n) is 15.1. The average Bonchev–Trinajstić information content (AvgIpc) is 2.72. The van der Waals surface area contributed by atoms with E-state index in [0.717, 1.165) is 6.07 Å². The third-order valence-corrected chi connectivity index (χ3v) is 4.02. The lowest BCUT2D eigenvalue weighted by Crippen LogP contribution is -2.07. The maximum Gasteiger partial charge on any atom is 0.418 e. The fraction of sp³-hybridized carbons (Fsp3) is 0.0500. The van der Waals surface area contributed by atoms with E-state index in [1.807, 2.05) is 0 Å². The Bertz CT molecular complexity index is 1250. The fourth-order valence-electron chi connectivity index (χ4n) is 2.10. The number of nitro benzene ring substituents is 1. The molecule has 0 aliphatic rings. The van der Waals surface area contributed by atoms with Gasteiger partial charge in [0.1, 0.15) is 5.69 Å². The Hall–Kier alpha value is -4.32. The molecule has 0 unspecified atom stereocenters. The number of terminal acetylenes is 1. The molecule has 2 aromatic rings. The molecular formula is C20H7BrF3N5O2. The zero-order valence-corrected chi connectivity index (χ0v) is 16.7. The van der Waals surface area contributed by atoms with E-state index >= 15 is 0 Å². The second-order valence-corrected chi connectivity index (χ2v) is 6.21. The monoisotopic (exact) mass is 485 g/mol. The number of rotatable bonds is 4.